The van der Waals surface area contributed by atoms with Crippen LogP contribution in [-0.2, 0) is 19.9 Å². The molecule has 0 bridgehead atoms. The van der Waals surface area contributed by atoms with E-state index < -0.39 is 0 Å². The molecule has 2 N–H and O–H groups in total. The first-order chi connectivity index (χ1) is 8.21. The van der Waals surface area contributed by atoms with Crippen LogP contribution in [-0.4, -0.2) is 21.3 Å². The Labute approximate surface area is 105 Å². The standard InChI is InChI=1S/C13H26N4/c1-4-6-11(9-10-14)7-8-13-15-12(5-2)16-17(13)3/h11H,4-10,14H2,1-3H3. The van der Waals surface area contributed by atoms with Gasteiger partial charge in [0.25, 0.3) is 0 Å². The number of nitrogens with zero attached hydrogens (tertiary/aromatic N) is 3. The Bertz CT molecular complexity index is 313. The van der Waals surface area contributed by atoms with Gasteiger partial charge in [0, 0.05) is 19.9 Å². The van der Waals surface area contributed by atoms with Crippen LogP contribution in [0.3, 0.4) is 0 Å². The Hall–Kier alpha value is -0.900. The van der Waals surface area contributed by atoms with Gasteiger partial charge in [-0.15, -0.1) is 0 Å². The van der Waals surface area contributed by atoms with Crippen molar-refractivity contribution in [3.63, 3.8) is 0 Å². The van der Waals surface area contributed by atoms with Crippen LogP contribution in [0.5, 0.6) is 0 Å². The second-order valence-electron chi connectivity index (χ2n) is 4.69. The number of rotatable bonds is 8. The lowest BCUT2D eigenvalue weighted by Crippen LogP contribution is -2.11. The second-order valence-corrected chi connectivity index (χ2v) is 4.69. The quantitative estimate of drug-likeness (QED) is 0.754. The molecular formula is C13H26N4. The Morgan fingerprint density at radius 3 is 2.53 bits per heavy atom. The first kappa shape index (κ1) is 14.2. The molecule has 1 rings (SSSR count). The van der Waals surface area contributed by atoms with Gasteiger partial charge in [0.15, 0.2) is 5.82 Å². The summed E-state index contributed by atoms with van der Waals surface area (Å²) in [5.41, 5.74) is 5.65. The molecule has 1 atom stereocenters. The van der Waals surface area contributed by atoms with Gasteiger partial charge in [0.1, 0.15) is 5.82 Å². The fourth-order valence-corrected chi connectivity index (χ4v) is 2.25. The van der Waals surface area contributed by atoms with E-state index in [9.17, 15) is 0 Å². The zero-order chi connectivity index (χ0) is 12.7. The Morgan fingerprint density at radius 1 is 1.24 bits per heavy atom. The summed E-state index contributed by atoms with van der Waals surface area (Å²) in [7, 11) is 1.99. The molecule has 1 heterocycles. The average Bonchev–Trinajstić information content (AvgIpc) is 2.68. The smallest absolute Gasteiger partial charge is 0.150 e. The van der Waals surface area contributed by atoms with E-state index in [2.05, 4.69) is 23.9 Å². The lowest BCUT2D eigenvalue weighted by Gasteiger charge is -2.14. The molecule has 4 nitrogen and oxygen atoms in total. The van der Waals surface area contributed by atoms with Crippen LogP contribution < -0.4 is 5.73 Å². The van der Waals surface area contributed by atoms with Crippen LogP contribution in [0, 0.1) is 5.92 Å². The molecule has 0 saturated carbocycles. The summed E-state index contributed by atoms with van der Waals surface area (Å²) >= 11 is 0. The van der Waals surface area contributed by atoms with Crippen LogP contribution in [0.15, 0.2) is 0 Å². The molecule has 1 aromatic heterocycles. The van der Waals surface area contributed by atoms with Crippen LogP contribution >= 0.6 is 0 Å². The van der Waals surface area contributed by atoms with Crippen molar-refractivity contribution >= 4 is 0 Å². The molecule has 0 aliphatic carbocycles. The summed E-state index contributed by atoms with van der Waals surface area (Å²) in [5, 5.41) is 4.38. The number of hydrogen-bond donors (Lipinski definition) is 1. The summed E-state index contributed by atoms with van der Waals surface area (Å²) in [6.45, 7) is 5.12. The summed E-state index contributed by atoms with van der Waals surface area (Å²) < 4.78 is 1.92. The zero-order valence-electron chi connectivity index (χ0n) is 11.4. The largest absolute Gasteiger partial charge is 0.330 e. The normalized spacial score (nSPS) is 12.9. The van der Waals surface area contributed by atoms with E-state index in [1.807, 2.05) is 11.7 Å². The van der Waals surface area contributed by atoms with Crippen molar-refractivity contribution in [3.05, 3.63) is 11.6 Å². The molecule has 0 amide bonds. The Kier molecular flexibility index (Phi) is 6.19. The summed E-state index contributed by atoms with van der Waals surface area (Å²) in [5.74, 6) is 2.81. The van der Waals surface area contributed by atoms with Crippen molar-refractivity contribution < 1.29 is 0 Å². The van der Waals surface area contributed by atoms with E-state index in [0.717, 1.165) is 43.4 Å². The van der Waals surface area contributed by atoms with E-state index in [0.29, 0.717) is 0 Å². The third kappa shape index (κ3) is 4.46. The molecule has 0 aromatic carbocycles. The third-order valence-corrected chi connectivity index (χ3v) is 3.26. The van der Waals surface area contributed by atoms with Crippen LogP contribution in [0.2, 0.25) is 0 Å². The number of nitrogens with two attached hydrogens (primary N) is 1. The highest BCUT2D eigenvalue weighted by Crippen LogP contribution is 2.17. The van der Waals surface area contributed by atoms with Gasteiger partial charge in [-0.3, -0.25) is 4.68 Å². The highest BCUT2D eigenvalue weighted by atomic mass is 15.3. The van der Waals surface area contributed by atoms with E-state index in [4.69, 9.17) is 5.73 Å². The van der Waals surface area contributed by atoms with Crippen molar-refractivity contribution in [3.8, 4) is 0 Å². The van der Waals surface area contributed by atoms with Crippen molar-refractivity contribution in [2.75, 3.05) is 6.54 Å². The van der Waals surface area contributed by atoms with E-state index in [-0.39, 0.29) is 0 Å². The fourth-order valence-electron chi connectivity index (χ4n) is 2.25. The minimum atomic E-state index is 0.742. The number of aromatic nitrogens is 3. The molecule has 1 aromatic rings. The van der Waals surface area contributed by atoms with E-state index in [1.165, 1.54) is 19.3 Å². The predicted octanol–water partition coefficient (Wildman–Crippen LogP) is 2.08. The maximum atomic E-state index is 5.65. The van der Waals surface area contributed by atoms with Gasteiger partial charge in [-0.05, 0) is 25.3 Å². The van der Waals surface area contributed by atoms with Gasteiger partial charge in [-0.1, -0.05) is 26.7 Å². The zero-order valence-corrected chi connectivity index (χ0v) is 11.4. The minimum absolute atomic E-state index is 0.742. The summed E-state index contributed by atoms with van der Waals surface area (Å²) in [6, 6.07) is 0. The SMILES string of the molecule is CCCC(CCN)CCc1nc(CC)nn1C. The third-order valence-electron chi connectivity index (χ3n) is 3.26. The molecule has 0 aliphatic rings. The van der Waals surface area contributed by atoms with Crippen LogP contribution in [0.1, 0.15) is 51.2 Å². The maximum Gasteiger partial charge on any atom is 0.150 e. The van der Waals surface area contributed by atoms with Crippen LogP contribution in [0.4, 0.5) is 0 Å². The van der Waals surface area contributed by atoms with Gasteiger partial charge in [-0.25, -0.2) is 4.98 Å². The van der Waals surface area contributed by atoms with Crippen molar-refractivity contribution in [2.45, 2.75) is 52.4 Å². The topological polar surface area (TPSA) is 56.7 Å². The molecule has 0 aliphatic heterocycles. The van der Waals surface area contributed by atoms with Gasteiger partial charge in [0.05, 0.1) is 0 Å². The van der Waals surface area contributed by atoms with Gasteiger partial charge in [-0.2, -0.15) is 5.10 Å². The highest BCUT2D eigenvalue weighted by molar-refractivity contribution is 4.92. The molecule has 0 radical (unpaired) electrons. The molecular weight excluding hydrogens is 212 g/mol. The first-order valence-corrected chi connectivity index (χ1v) is 6.80. The number of hydrogen-bond acceptors (Lipinski definition) is 3. The average molecular weight is 238 g/mol. The van der Waals surface area contributed by atoms with Crippen molar-refractivity contribution in [1.82, 2.24) is 14.8 Å². The lowest BCUT2D eigenvalue weighted by molar-refractivity contribution is 0.414. The molecule has 1 unspecified atom stereocenters. The van der Waals surface area contributed by atoms with Crippen molar-refractivity contribution in [2.24, 2.45) is 18.7 Å². The van der Waals surface area contributed by atoms with Gasteiger partial charge >= 0.3 is 0 Å². The molecule has 4 heteroatoms. The monoisotopic (exact) mass is 238 g/mol. The highest BCUT2D eigenvalue weighted by Gasteiger charge is 2.10. The molecule has 0 fully saturated rings. The van der Waals surface area contributed by atoms with Gasteiger partial charge in [0.2, 0.25) is 0 Å². The molecule has 17 heavy (non-hydrogen) atoms. The molecule has 98 valence electrons. The van der Waals surface area contributed by atoms with Crippen molar-refractivity contribution in [1.29, 1.82) is 0 Å². The second kappa shape index (κ2) is 7.43. The summed E-state index contributed by atoms with van der Waals surface area (Å²) in [6.07, 6.45) is 6.76. The maximum absolute atomic E-state index is 5.65. The number of aryl methyl sites for hydroxylation is 3. The minimum Gasteiger partial charge on any atom is -0.330 e. The fraction of sp³-hybridized carbons (Fsp3) is 0.846. The lowest BCUT2D eigenvalue weighted by atomic mass is 9.94. The molecule has 0 spiro atoms. The predicted molar refractivity (Wildman–Crippen MR) is 70.8 cm³/mol. The van der Waals surface area contributed by atoms with Crippen LogP contribution in [0.25, 0.3) is 0 Å². The molecule has 0 saturated heterocycles. The van der Waals surface area contributed by atoms with E-state index in [1.54, 1.807) is 0 Å². The Balaban J connectivity index is 2.49. The summed E-state index contributed by atoms with van der Waals surface area (Å²) in [4.78, 5) is 4.54. The Morgan fingerprint density at radius 2 is 2.00 bits per heavy atom. The first-order valence-electron chi connectivity index (χ1n) is 6.80. The van der Waals surface area contributed by atoms with Gasteiger partial charge < -0.3 is 5.73 Å². The van der Waals surface area contributed by atoms with E-state index >= 15 is 0 Å².